The number of halogens is 3. The number of hydrogen-bond donors (Lipinski definition) is 0. The van der Waals surface area contributed by atoms with Gasteiger partial charge in [0.2, 0.25) is 0 Å². The normalized spacial score (nSPS) is 12.8. The van der Waals surface area contributed by atoms with Crippen LogP contribution >= 0.6 is 0 Å². The fourth-order valence-electron chi connectivity index (χ4n) is 1.66. The summed E-state index contributed by atoms with van der Waals surface area (Å²) >= 11 is 0. The van der Waals surface area contributed by atoms with Gasteiger partial charge in [0, 0.05) is 6.42 Å². The van der Waals surface area contributed by atoms with Crippen molar-refractivity contribution in [2.45, 2.75) is 39.3 Å². The average Bonchev–Trinajstić information content (AvgIpc) is 2.15. The van der Waals surface area contributed by atoms with Crippen LogP contribution in [0.4, 0.5) is 13.2 Å². The van der Waals surface area contributed by atoms with Crippen LogP contribution in [0.2, 0.25) is 0 Å². The van der Waals surface area contributed by atoms with Crippen molar-refractivity contribution in [2.75, 3.05) is 0 Å². The Bertz CT molecular complexity index is 312. The largest absolute Gasteiger partial charge is 0.389 e. The van der Waals surface area contributed by atoms with E-state index in [9.17, 15) is 13.2 Å². The molecule has 0 saturated heterocycles. The smallest absolute Gasteiger partial charge is 0.171 e. The number of hydrogen-bond acceptors (Lipinski definition) is 0. The molecule has 1 aromatic rings. The molecule has 3 heteroatoms. The Morgan fingerprint density at radius 3 is 2.12 bits per heavy atom. The van der Waals surface area contributed by atoms with Gasteiger partial charge in [0.15, 0.2) is 0 Å². The Labute approximate surface area is 94.5 Å². The predicted octanol–water partition coefficient (Wildman–Crippen LogP) is 4.40. The highest BCUT2D eigenvalue weighted by Crippen LogP contribution is 2.32. The van der Waals surface area contributed by atoms with Crippen LogP contribution in [0.1, 0.15) is 32.3 Å². The Hall–Kier alpha value is -0.990. The second-order valence-electron chi connectivity index (χ2n) is 4.86. The summed E-state index contributed by atoms with van der Waals surface area (Å²) in [6, 6.07) is 10.3. The first-order valence-corrected chi connectivity index (χ1v) is 5.30. The quantitative estimate of drug-likeness (QED) is 0.718. The van der Waals surface area contributed by atoms with E-state index < -0.39 is 12.6 Å². The topological polar surface area (TPSA) is 0 Å². The predicted molar refractivity (Wildman–Crippen MR) is 58.1 cm³/mol. The van der Waals surface area contributed by atoms with Crippen LogP contribution < -0.4 is 0 Å². The van der Waals surface area contributed by atoms with Crippen LogP contribution in [0, 0.1) is 11.5 Å². The van der Waals surface area contributed by atoms with E-state index in [4.69, 9.17) is 0 Å². The minimum atomic E-state index is -4.05. The molecule has 0 bridgehead atoms. The molecule has 1 rings (SSSR count). The van der Waals surface area contributed by atoms with Gasteiger partial charge in [0.1, 0.15) is 0 Å². The minimum absolute atomic E-state index is 0.162. The molecule has 1 aromatic carbocycles. The third-order valence-electron chi connectivity index (χ3n) is 2.56. The highest BCUT2D eigenvalue weighted by atomic mass is 19.4. The maximum absolute atomic E-state index is 12.1. The first-order chi connectivity index (χ1) is 7.29. The van der Waals surface area contributed by atoms with Crippen molar-refractivity contribution in [3.05, 3.63) is 35.9 Å². The molecule has 0 atom stereocenters. The minimum Gasteiger partial charge on any atom is -0.171 e. The maximum Gasteiger partial charge on any atom is 0.389 e. The summed E-state index contributed by atoms with van der Waals surface area (Å²) in [4.78, 5) is 0. The molecular formula is C13H16F3. The highest BCUT2D eigenvalue weighted by Gasteiger charge is 2.31. The van der Waals surface area contributed by atoms with Crippen LogP contribution in [0.15, 0.2) is 24.3 Å². The third kappa shape index (κ3) is 5.19. The number of rotatable bonds is 4. The molecule has 16 heavy (non-hydrogen) atoms. The van der Waals surface area contributed by atoms with E-state index in [1.165, 1.54) is 0 Å². The van der Waals surface area contributed by atoms with Gasteiger partial charge >= 0.3 is 6.18 Å². The number of alkyl halides is 3. The highest BCUT2D eigenvalue weighted by molar-refractivity contribution is 5.15. The summed E-state index contributed by atoms with van der Waals surface area (Å²) in [6.07, 6.45) is -3.94. The van der Waals surface area contributed by atoms with Gasteiger partial charge in [-0.3, -0.25) is 0 Å². The molecule has 0 aromatic heterocycles. The Morgan fingerprint density at radius 1 is 1.06 bits per heavy atom. The molecular weight excluding hydrogens is 213 g/mol. The van der Waals surface area contributed by atoms with Crippen molar-refractivity contribution in [2.24, 2.45) is 5.41 Å². The van der Waals surface area contributed by atoms with Crippen molar-refractivity contribution in [3.63, 3.8) is 0 Å². The lowest BCUT2D eigenvalue weighted by Crippen LogP contribution is -2.19. The fraction of sp³-hybridized carbons (Fsp3) is 0.538. The summed E-state index contributed by atoms with van der Waals surface area (Å²) in [7, 11) is 0. The van der Waals surface area contributed by atoms with Crippen LogP contribution in [0.3, 0.4) is 0 Å². The van der Waals surface area contributed by atoms with Gasteiger partial charge in [0.25, 0.3) is 0 Å². The monoisotopic (exact) mass is 229 g/mol. The SMILES string of the molecule is CC(C)(CCC(F)(F)F)Cc1cc[c]cc1. The first kappa shape index (κ1) is 13.1. The van der Waals surface area contributed by atoms with Gasteiger partial charge in [0.05, 0.1) is 0 Å². The van der Waals surface area contributed by atoms with Gasteiger partial charge in [-0.25, -0.2) is 0 Å². The Morgan fingerprint density at radius 2 is 1.62 bits per heavy atom. The molecule has 0 spiro atoms. The molecule has 0 amide bonds. The molecule has 0 aliphatic carbocycles. The zero-order valence-corrected chi connectivity index (χ0v) is 9.56. The molecule has 89 valence electrons. The lowest BCUT2D eigenvalue weighted by Gasteiger charge is -2.25. The summed E-state index contributed by atoms with van der Waals surface area (Å²) in [5.41, 5.74) is 0.738. The standard InChI is InChI=1S/C13H16F3/c1-12(2,8-9-13(14,15)16)10-11-6-4-3-5-7-11/h4-7H,8-10H2,1-2H3. The van der Waals surface area contributed by atoms with E-state index in [1.807, 2.05) is 26.0 Å². The lowest BCUT2D eigenvalue weighted by atomic mass is 9.81. The maximum atomic E-state index is 12.1. The fourth-order valence-corrected chi connectivity index (χ4v) is 1.66. The van der Waals surface area contributed by atoms with Gasteiger partial charge in [-0.2, -0.15) is 13.2 Å². The summed E-state index contributed by atoms with van der Waals surface area (Å²) in [5.74, 6) is 0. The Balaban J connectivity index is 2.52. The molecule has 0 nitrogen and oxygen atoms in total. The van der Waals surface area contributed by atoms with Gasteiger partial charge in [-0.1, -0.05) is 38.1 Å². The van der Waals surface area contributed by atoms with Gasteiger partial charge < -0.3 is 0 Å². The summed E-state index contributed by atoms with van der Waals surface area (Å²) < 4.78 is 36.4. The van der Waals surface area contributed by atoms with E-state index in [0.717, 1.165) is 5.56 Å². The second kappa shape index (κ2) is 4.89. The van der Waals surface area contributed by atoms with E-state index in [0.29, 0.717) is 6.42 Å². The van der Waals surface area contributed by atoms with Crippen molar-refractivity contribution >= 4 is 0 Å². The van der Waals surface area contributed by atoms with Crippen LogP contribution in [0.5, 0.6) is 0 Å². The van der Waals surface area contributed by atoms with Crippen LogP contribution in [-0.4, -0.2) is 6.18 Å². The van der Waals surface area contributed by atoms with Gasteiger partial charge in [-0.05, 0) is 29.9 Å². The van der Waals surface area contributed by atoms with Crippen molar-refractivity contribution in [3.8, 4) is 0 Å². The molecule has 1 radical (unpaired) electrons. The van der Waals surface area contributed by atoms with E-state index in [-0.39, 0.29) is 11.8 Å². The molecule has 0 aliphatic heterocycles. The van der Waals surface area contributed by atoms with Crippen LogP contribution in [-0.2, 0) is 6.42 Å². The van der Waals surface area contributed by atoms with Gasteiger partial charge in [-0.15, -0.1) is 0 Å². The zero-order valence-electron chi connectivity index (χ0n) is 9.56. The zero-order chi connectivity index (χ0) is 12.2. The van der Waals surface area contributed by atoms with Crippen molar-refractivity contribution in [1.82, 2.24) is 0 Å². The second-order valence-corrected chi connectivity index (χ2v) is 4.86. The molecule has 0 fully saturated rings. The molecule has 0 N–H and O–H groups in total. The third-order valence-corrected chi connectivity index (χ3v) is 2.56. The molecule has 0 saturated carbocycles. The molecule has 0 heterocycles. The van der Waals surface area contributed by atoms with Crippen LogP contribution in [0.25, 0.3) is 0 Å². The molecule has 0 unspecified atom stereocenters. The average molecular weight is 229 g/mol. The Kier molecular flexibility index (Phi) is 4.00. The van der Waals surface area contributed by atoms with E-state index >= 15 is 0 Å². The summed E-state index contributed by atoms with van der Waals surface area (Å²) in [5, 5.41) is 0. The van der Waals surface area contributed by atoms with Crippen molar-refractivity contribution < 1.29 is 13.2 Å². The first-order valence-electron chi connectivity index (χ1n) is 5.30. The molecule has 0 aliphatic rings. The van der Waals surface area contributed by atoms with E-state index in [1.54, 1.807) is 12.1 Å². The summed E-state index contributed by atoms with van der Waals surface area (Å²) in [6.45, 7) is 3.74. The lowest BCUT2D eigenvalue weighted by molar-refractivity contribution is -0.140. The van der Waals surface area contributed by atoms with Crippen molar-refractivity contribution in [1.29, 1.82) is 0 Å². The number of benzene rings is 1. The van der Waals surface area contributed by atoms with E-state index in [2.05, 4.69) is 6.07 Å².